The lowest BCUT2D eigenvalue weighted by molar-refractivity contribution is -0.136. The van der Waals surface area contributed by atoms with Gasteiger partial charge in [0.15, 0.2) is 5.56 Å². The molecule has 1 aromatic heterocycles. The highest BCUT2D eigenvalue weighted by Crippen LogP contribution is 2.39. The number of aliphatic hydroxyl groups is 1. The smallest absolute Gasteiger partial charge is 0.388 e. The molecule has 126 valence electrons. The molecule has 0 unspecified atom stereocenters. The molecule has 0 radical (unpaired) electrons. The maximum absolute atomic E-state index is 13.0. The van der Waals surface area contributed by atoms with Gasteiger partial charge in [-0.3, -0.25) is 8.75 Å². The van der Waals surface area contributed by atoms with Crippen LogP contribution in [0.3, 0.4) is 0 Å². The molecule has 0 amide bonds. The normalized spacial score (nSPS) is 15.8. The lowest BCUT2D eigenvalue weighted by Gasteiger charge is -2.13. The predicted octanol–water partition coefficient (Wildman–Crippen LogP) is 3.07. The number of benzene rings is 1. The first-order valence-corrected chi connectivity index (χ1v) is 7.81. The highest BCUT2D eigenvalue weighted by atomic mass is 32.1. The van der Waals surface area contributed by atoms with E-state index in [2.05, 4.69) is 5.32 Å². The van der Waals surface area contributed by atoms with E-state index < -0.39 is 22.9 Å². The zero-order chi connectivity index (χ0) is 17.5. The monoisotopic (exact) mass is 355 g/mol. The summed E-state index contributed by atoms with van der Waals surface area (Å²) in [5.41, 5.74) is -2.96. The van der Waals surface area contributed by atoms with Crippen molar-refractivity contribution in [2.24, 2.45) is 0 Å². The Morgan fingerprint density at radius 1 is 1.38 bits per heavy atom. The summed E-state index contributed by atoms with van der Waals surface area (Å²) in [4.78, 5) is 12.2. The van der Waals surface area contributed by atoms with Gasteiger partial charge in [-0.1, -0.05) is 12.1 Å². The minimum Gasteiger partial charge on any atom is -0.388 e. The molecule has 1 aliphatic rings. The fourth-order valence-corrected chi connectivity index (χ4v) is 3.32. The van der Waals surface area contributed by atoms with Gasteiger partial charge in [0.1, 0.15) is 11.1 Å². The number of para-hydroxylation sites is 1. The first kappa shape index (κ1) is 16.5. The number of alkyl halides is 3. The maximum atomic E-state index is 13.0. The van der Waals surface area contributed by atoms with Crippen LogP contribution in [0.5, 0.6) is 0 Å². The van der Waals surface area contributed by atoms with Crippen molar-refractivity contribution in [1.82, 2.24) is 3.96 Å². The second kappa shape index (κ2) is 5.65. The highest BCUT2D eigenvalue weighted by molar-refractivity contribution is 7.11. The van der Waals surface area contributed by atoms with Crippen LogP contribution in [0.4, 0.5) is 23.9 Å². The van der Waals surface area contributed by atoms with Crippen molar-refractivity contribution in [3.63, 3.8) is 0 Å². The van der Waals surface area contributed by atoms with Crippen molar-refractivity contribution in [2.75, 3.05) is 5.32 Å². The summed E-state index contributed by atoms with van der Waals surface area (Å²) in [5, 5.41) is 21.6. The van der Waals surface area contributed by atoms with Crippen LogP contribution in [-0.4, -0.2) is 14.7 Å². The van der Waals surface area contributed by atoms with Gasteiger partial charge in [-0.15, -0.1) is 0 Å². The number of nitriles is 1. The number of nitrogens with one attached hydrogen (secondary N) is 1. The molecule has 9 heteroatoms. The van der Waals surface area contributed by atoms with Crippen LogP contribution in [0.1, 0.15) is 24.0 Å². The molecule has 0 aliphatic heterocycles. The van der Waals surface area contributed by atoms with Gasteiger partial charge in [-0.2, -0.15) is 18.4 Å². The Labute approximate surface area is 138 Å². The second-order valence-corrected chi connectivity index (χ2v) is 6.67. The number of hydrogen-bond donors (Lipinski definition) is 2. The molecule has 0 saturated heterocycles. The molecular formula is C15H12F3N3O2S. The highest BCUT2D eigenvalue weighted by Gasteiger charge is 2.41. The van der Waals surface area contributed by atoms with Crippen molar-refractivity contribution >= 4 is 22.2 Å². The lowest BCUT2D eigenvalue weighted by atomic mass is 10.1. The van der Waals surface area contributed by atoms with Crippen molar-refractivity contribution in [2.45, 2.75) is 31.2 Å². The molecule has 24 heavy (non-hydrogen) atoms. The summed E-state index contributed by atoms with van der Waals surface area (Å²) >= 11 is 0.835. The standard InChI is InChI=1S/C15H12F3N3O2S/c16-15(17,18)10-3-1-2-4-11(10)20-12-9(7-19)13(22)21(24-12)8-14(23)5-6-14/h1-4,20,23H,5-6,8H2. The molecule has 1 aromatic carbocycles. The van der Waals surface area contributed by atoms with E-state index in [1.165, 1.54) is 22.2 Å². The number of nitrogens with zero attached hydrogens (tertiary/aromatic N) is 2. The molecule has 3 rings (SSSR count). The van der Waals surface area contributed by atoms with Gasteiger partial charge in [0, 0.05) is 0 Å². The zero-order valence-corrected chi connectivity index (χ0v) is 13.0. The molecule has 5 nitrogen and oxygen atoms in total. The van der Waals surface area contributed by atoms with Crippen LogP contribution in [0.2, 0.25) is 0 Å². The van der Waals surface area contributed by atoms with Gasteiger partial charge < -0.3 is 10.4 Å². The van der Waals surface area contributed by atoms with Crippen molar-refractivity contribution in [1.29, 1.82) is 5.26 Å². The number of anilines is 2. The number of rotatable bonds is 4. The van der Waals surface area contributed by atoms with E-state index in [1.807, 2.05) is 0 Å². The molecule has 1 fully saturated rings. The van der Waals surface area contributed by atoms with Gasteiger partial charge >= 0.3 is 6.18 Å². The SMILES string of the molecule is N#Cc1c(Nc2ccccc2C(F)(F)F)sn(CC2(O)CC2)c1=O. The molecular weight excluding hydrogens is 343 g/mol. The average Bonchev–Trinajstić information content (AvgIpc) is 3.16. The Morgan fingerprint density at radius 2 is 2.04 bits per heavy atom. The Hall–Kier alpha value is -2.31. The Morgan fingerprint density at radius 3 is 2.62 bits per heavy atom. The van der Waals surface area contributed by atoms with E-state index in [0.717, 1.165) is 17.6 Å². The quantitative estimate of drug-likeness (QED) is 0.884. The van der Waals surface area contributed by atoms with Crippen LogP contribution in [0, 0.1) is 11.3 Å². The van der Waals surface area contributed by atoms with Crippen LogP contribution in [0.15, 0.2) is 29.1 Å². The van der Waals surface area contributed by atoms with Gasteiger partial charge in [-0.05, 0) is 36.5 Å². The van der Waals surface area contributed by atoms with Gasteiger partial charge in [0.25, 0.3) is 5.56 Å². The molecule has 2 aromatic rings. The summed E-state index contributed by atoms with van der Waals surface area (Å²) in [6, 6.07) is 6.55. The summed E-state index contributed by atoms with van der Waals surface area (Å²) < 4.78 is 40.3. The summed E-state index contributed by atoms with van der Waals surface area (Å²) in [6.07, 6.45) is -3.45. The van der Waals surface area contributed by atoms with E-state index in [0.29, 0.717) is 12.8 Å². The van der Waals surface area contributed by atoms with Gasteiger partial charge in [0.05, 0.1) is 23.4 Å². The Balaban J connectivity index is 1.98. The van der Waals surface area contributed by atoms with E-state index in [-0.39, 0.29) is 22.8 Å². The summed E-state index contributed by atoms with van der Waals surface area (Å²) in [6.45, 7) is 0.0355. The second-order valence-electron chi connectivity index (χ2n) is 5.64. The Kier molecular flexibility index (Phi) is 3.89. The minimum atomic E-state index is -4.56. The van der Waals surface area contributed by atoms with Gasteiger partial charge in [0.2, 0.25) is 0 Å². The first-order chi connectivity index (χ1) is 11.2. The molecule has 1 heterocycles. The van der Waals surface area contributed by atoms with Crippen LogP contribution in [0.25, 0.3) is 0 Å². The molecule has 2 N–H and O–H groups in total. The van der Waals surface area contributed by atoms with E-state index in [1.54, 1.807) is 6.07 Å². The maximum Gasteiger partial charge on any atom is 0.418 e. The largest absolute Gasteiger partial charge is 0.418 e. The first-order valence-electron chi connectivity index (χ1n) is 7.03. The summed E-state index contributed by atoms with van der Waals surface area (Å²) in [7, 11) is 0. The van der Waals surface area contributed by atoms with Crippen LogP contribution in [-0.2, 0) is 12.7 Å². The van der Waals surface area contributed by atoms with Crippen molar-refractivity contribution < 1.29 is 18.3 Å². The number of aromatic nitrogens is 1. The van der Waals surface area contributed by atoms with Gasteiger partial charge in [-0.25, -0.2) is 0 Å². The number of hydrogen-bond acceptors (Lipinski definition) is 5. The predicted molar refractivity (Wildman–Crippen MR) is 82.2 cm³/mol. The third-order valence-electron chi connectivity index (χ3n) is 3.73. The zero-order valence-electron chi connectivity index (χ0n) is 12.2. The molecule has 0 atom stereocenters. The molecule has 0 bridgehead atoms. The molecule has 0 spiro atoms. The van der Waals surface area contributed by atoms with E-state index in [4.69, 9.17) is 5.26 Å². The molecule has 1 aliphatic carbocycles. The lowest BCUT2D eigenvalue weighted by Crippen LogP contribution is -2.24. The number of halogens is 3. The minimum absolute atomic E-state index is 0.0310. The van der Waals surface area contributed by atoms with Crippen molar-refractivity contribution in [3.8, 4) is 6.07 Å². The van der Waals surface area contributed by atoms with E-state index >= 15 is 0 Å². The van der Waals surface area contributed by atoms with Crippen molar-refractivity contribution in [3.05, 3.63) is 45.7 Å². The summed E-state index contributed by atoms with van der Waals surface area (Å²) in [5.74, 6) is 0. The van der Waals surface area contributed by atoms with Crippen LogP contribution < -0.4 is 10.9 Å². The fraction of sp³-hybridized carbons (Fsp3) is 0.333. The fourth-order valence-electron chi connectivity index (χ4n) is 2.24. The average molecular weight is 355 g/mol. The molecule has 1 saturated carbocycles. The Bertz CT molecular complexity index is 875. The van der Waals surface area contributed by atoms with Crippen LogP contribution >= 0.6 is 11.5 Å². The topological polar surface area (TPSA) is 78.1 Å². The third kappa shape index (κ3) is 3.16. The third-order valence-corrected chi connectivity index (χ3v) is 4.73. The van der Waals surface area contributed by atoms with E-state index in [9.17, 15) is 23.1 Å².